The van der Waals surface area contributed by atoms with Gasteiger partial charge in [0, 0.05) is 18.9 Å². The number of benzene rings is 1. The van der Waals surface area contributed by atoms with E-state index in [0.29, 0.717) is 5.69 Å². The van der Waals surface area contributed by atoms with E-state index in [0.717, 1.165) is 5.56 Å². The number of aromatic nitrogens is 2. The molecule has 0 aliphatic carbocycles. The summed E-state index contributed by atoms with van der Waals surface area (Å²) in [5.74, 6) is -1.40. The lowest BCUT2D eigenvalue weighted by atomic mass is 10.1. The Morgan fingerprint density at radius 1 is 1.37 bits per heavy atom. The van der Waals surface area contributed by atoms with Gasteiger partial charge in [-0.15, -0.1) is 0 Å². The Kier molecular flexibility index (Phi) is 3.33. The summed E-state index contributed by atoms with van der Waals surface area (Å²) >= 11 is 0. The average molecular weight is 259 g/mol. The summed E-state index contributed by atoms with van der Waals surface area (Å²) in [5, 5.41) is 11.6. The van der Waals surface area contributed by atoms with E-state index in [9.17, 15) is 9.59 Å². The first-order valence-electron chi connectivity index (χ1n) is 5.60. The molecule has 0 unspecified atom stereocenters. The molecule has 6 heteroatoms. The van der Waals surface area contributed by atoms with Crippen molar-refractivity contribution in [1.82, 2.24) is 9.55 Å². The van der Waals surface area contributed by atoms with Gasteiger partial charge < -0.3 is 15.0 Å². The minimum atomic E-state index is -1.03. The Labute approximate surface area is 109 Å². The van der Waals surface area contributed by atoms with Crippen LogP contribution in [0.1, 0.15) is 26.4 Å². The summed E-state index contributed by atoms with van der Waals surface area (Å²) in [4.78, 5) is 26.8. The number of hydrogen-bond donors (Lipinski definition) is 2. The number of amides is 1. The molecule has 2 rings (SSSR count). The Hall–Kier alpha value is -2.63. The number of nitrogens with zero attached hydrogens (tertiary/aromatic N) is 2. The predicted octanol–water partition coefficient (Wildman–Crippen LogP) is 1.68. The summed E-state index contributed by atoms with van der Waals surface area (Å²) in [6, 6.07) is 4.57. The minimum Gasteiger partial charge on any atom is -0.478 e. The van der Waals surface area contributed by atoms with Crippen molar-refractivity contribution < 1.29 is 14.7 Å². The molecule has 0 spiro atoms. The third-order valence-corrected chi connectivity index (χ3v) is 2.67. The molecule has 1 aromatic carbocycles. The van der Waals surface area contributed by atoms with E-state index in [-0.39, 0.29) is 17.2 Å². The minimum absolute atomic E-state index is 0.127. The third kappa shape index (κ3) is 2.79. The van der Waals surface area contributed by atoms with Crippen LogP contribution in [0.15, 0.2) is 30.7 Å². The van der Waals surface area contributed by atoms with Crippen LogP contribution in [-0.4, -0.2) is 26.5 Å². The van der Waals surface area contributed by atoms with Gasteiger partial charge in [-0.25, -0.2) is 9.78 Å². The molecular formula is C13H13N3O3. The van der Waals surface area contributed by atoms with Gasteiger partial charge in [0.05, 0.1) is 11.9 Å². The normalized spacial score (nSPS) is 10.2. The largest absolute Gasteiger partial charge is 0.478 e. The van der Waals surface area contributed by atoms with E-state index in [1.165, 1.54) is 18.5 Å². The number of hydrogen-bond acceptors (Lipinski definition) is 3. The lowest BCUT2D eigenvalue weighted by molar-refractivity contribution is 0.0696. The van der Waals surface area contributed by atoms with Gasteiger partial charge in [0.25, 0.3) is 5.91 Å². The van der Waals surface area contributed by atoms with Crippen molar-refractivity contribution in [2.45, 2.75) is 6.92 Å². The molecule has 0 saturated heterocycles. The van der Waals surface area contributed by atoms with E-state index >= 15 is 0 Å². The molecule has 1 aromatic heterocycles. The number of aryl methyl sites for hydroxylation is 2. The third-order valence-electron chi connectivity index (χ3n) is 2.67. The number of nitrogens with one attached hydrogen (secondary N) is 1. The van der Waals surface area contributed by atoms with Crippen LogP contribution in [0.4, 0.5) is 5.69 Å². The highest BCUT2D eigenvalue weighted by molar-refractivity contribution is 6.03. The number of imidazole rings is 1. The summed E-state index contributed by atoms with van der Waals surface area (Å²) in [6.45, 7) is 1.79. The van der Waals surface area contributed by atoms with E-state index in [4.69, 9.17) is 5.11 Å². The smallest absolute Gasteiger partial charge is 0.335 e. The number of carboxylic acids is 1. The second-order valence-electron chi connectivity index (χ2n) is 4.21. The average Bonchev–Trinajstić information content (AvgIpc) is 2.78. The van der Waals surface area contributed by atoms with E-state index < -0.39 is 5.97 Å². The number of rotatable bonds is 3. The zero-order chi connectivity index (χ0) is 14.0. The number of anilines is 1. The SMILES string of the molecule is Cc1ccc(C(=O)O)cc1NC(=O)c1cn(C)cn1. The van der Waals surface area contributed by atoms with Crippen molar-refractivity contribution in [1.29, 1.82) is 0 Å². The highest BCUT2D eigenvalue weighted by Gasteiger charge is 2.12. The molecule has 6 nitrogen and oxygen atoms in total. The number of carbonyl (C=O) groups is 2. The predicted molar refractivity (Wildman–Crippen MR) is 69.3 cm³/mol. The van der Waals surface area contributed by atoms with Gasteiger partial charge in [0.15, 0.2) is 0 Å². The van der Waals surface area contributed by atoms with Gasteiger partial charge in [-0.05, 0) is 24.6 Å². The van der Waals surface area contributed by atoms with Gasteiger partial charge in [-0.1, -0.05) is 6.07 Å². The molecule has 19 heavy (non-hydrogen) atoms. The molecule has 1 heterocycles. The van der Waals surface area contributed by atoms with Crippen LogP contribution < -0.4 is 5.32 Å². The molecular weight excluding hydrogens is 246 g/mol. The Bertz CT molecular complexity index is 646. The van der Waals surface area contributed by atoms with Crippen LogP contribution >= 0.6 is 0 Å². The summed E-state index contributed by atoms with van der Waals surface area (Å²) in [6.07, 6.45) is 3.11. The van der Waals surface area contributed by atoms with Crippen LogP contribution in [0.3, 0.4) is 0 Å². The van der Waals surface area contributed by atoms with E-state index in [2.05, 4.69) is 10.3 Å². The molecule has 2 N–H and O–H groups in total. The van der Waals surface area contributed by atoms with Crippen molar-refractivity contribution in [3.8, 4) is 0 Å². The monoisotopic (exact) mass is 259 g/mol. The highest BCUT2D eigenvalue weighted by atomic mass is 16.4. The molecule has 0 saturated carbocycles. The first kappa shape index (κ1) is 12.8. The number of aromatic carboxylic acids is 1. The number of carboxylic acid groups (broad SMARTS) is 1. The Morgan fingerprint density at radius 2 is 2.11 bits per heavy atom. The van der Waals surface area contributed by atoms with Crippen molar-refractivity contribution in [3.05, 3.63) is 47.5 Å². The maximum atomic E-state index is 11.9. The maximum absolute atomic E-state index is 11.9. The Morgan fingerprint density at radius 3 is 2.68 bits per heavy atom. The van der Waals surface area contributed by atoms with Crippen molar-refractivity contribution in [2.75, 3.05) is 5.32 Å². The molecule has 0 bridgehead atoms. The fourth-order valence-electron chi connectivity index (χ4n) is 1.61. The van der Waals surface area contributed by atoms with Crippen molar-refractivity contribution >= 4 is 17.6 Å². The molecule has 0 atom stereocenters. The van der Waals surface area contributed by atoms with Gasteiger partial charge in [0.1, 0.15) is 5.69 Å². The van der Waals surface area contributed by atoms with Crippen LogP contribution in [0, 0.1) is 6.92 Å². The Balaban J connectivity index is 2.25. The molecule has 2 aromatic rings. The van der Waals surface area contributed by atoms with Gasteiger partial charge in [0.2, 0.25) is 0 Å². The van der Waals surface area contributed by atoms with Crippen LogP contribution in [0.2, 0.25) is 0 Å². The lowest BCUT2D eigenvalue weighted by Crippen LogP contribution is -2.14. The first-order valence-corrected chi connectivity index (χ1v) is 5.60. The summed E-state index contributed by atoms with van der Waals surface area (Å²) in [7, 11) is 1.76. The van der Waals surface area contributed by atoms with Gasteiger partial charge in [-0.2, -0.15) is 0 Å². The van der Waals surface area contributed by atoms with Crippen LogP contribution in [0.5, 0.6) is 0 Å². The van der Waals surface area contributed by atoms with Crippen LogP contribution in [0.25, 0.3) is 0 Å². The van der Waals surface area contributed by atoms with Crippen LogP contribution in [-0.2, 0) is 7.05 Å². The molecule has 0 fully saturated rings. The van der Waals surface area contributed by atoms with Gasteiger partial charge >= 0.3 is 5.97 Å². The molecule has 98 valence electrons. The highest BCUT2D eigenvalue weighted by Crippen LogP contribution is 2.17. The first-order chi connectivity index (χ1) is 8.97. The number of carbonyl (C=O) groups excluding carboxylic acids is 1. The van der Waals surface area contributed by atoms with Crippen molar-refractivity contribution in [2.24, 2.45) is 7.05 Å². The molecule has 0 radical (unpaired) electrons. The zero-order valence-electron chi connectivity index (χ0n) is 10.5. The molecule has 1 amide bonds. The zero-order valence-corrected chi connectivity index (χ0v) is 10.5. The quantitative estimate of drug-likeness (QED) is 0.878. The standard InChI is InChI=1S/C13H13N3O3/c1-8-3-4-9(13(18)19)5-10(8)15-12(17)11-6-16(2)7-14-11/h3-7H,1-2H3,(H,15,17)(H,18,19). The fraction of sp³-hybridized carbons (Fsp3) is 0.154. The van der Waals surface area contributed by atoms with E-state index in [1.807, 2.05) is 0 Å². The second kappa shape index (κ2) is 4.93. The lowest BCUT2D eigenvalue weighted by Gasteiger charge is -2.08. The molecule has 0 aliphatic rings. The van der Waals surface area contributed by atoms with Crippen molar-refractivity contribution in [3.63, 3.8) is 0 Å². The topological polar surface area (TPSA) is 84.2 Å². The maximum Gasteiger partial charge on any atom is 0.335 e. The molecule has 0 aliphatic heterocycles. The second-order valence-corrected chi connectivity index (χ2v) is 4.21. The van der Waals surface area contributed by atoms with Gasteiger partial charge in [-0.3, -0.25) is 4.79 Å². The van der Waals surface area contributed by atoms with E-state index in [1.54, 1.807) is 30.8 Å². The summed E-state index contributed by atoms with van der Waals surface area (Å²) < 4.78 is 1.66. The fourth-order valence-corrected chi connectivity index (χ4v) is 1.61. The summed E-state index contributed by atoms with van der Waals surface area (Å²) in [5.41, 5.74) is 1.66.